The van der Waals surface area contributed by atoms with Gasteiger partial charge in [-0.3, -0.25) is 0 Å². The molecule has 0 saturated heterocycles. The molecule has 0 aromatic carbocycles. The third kappa shape index (κ3) is 5.96. The van der Waals surface area contributed by atoms with E-state index in [0.29, 0.717) is 6.92 Å². The molecule has 44 valence electrons. The summed E-state index contributed by atoms with van der Waals surface area (Å²) in [7, 11) is 0. The van der Waals surface area contributed by atoms with E-state index < -0.39 is 32.1 Å². The molecule has 1 heteroatoms. The summed E-state index contributed by atoms with van der Waals surface area (Å²) >= 11 is 0. The van der Waals surface area contributed by atoms with Crippen molar-refractivity contribution in [1.29, 1.82) is 0 Å². The van der Waals surface area contributed by atoms with E-state index in [-0.39, 0.29) is 0 Å². The van der Waals surface area contributed by atoms with Crippen molar-refractivity contribution < 1.29 is 18.8 Å². The van der Waals surface area contributed by atoms with Crippen molar-refractivity contribution in [2.45, 2.75) is 32.4 Å². The molecule has 0 amide bonds. The lowest BCUT2D eigenvalue weighted by atomic mass is 10.2. The molecule has 7 heavy (non-hydrogen) atoms. The Morgan fingerprint density at radius 3 is 2.57 bits per heavy atom. The maximum atomic E-state index is 8.94. The minimum absolute atomic E-state index is 0.716. The van der Waals surface area contributed by atoms with Gasteiger partial charge < -0.3 is 5.11 Å². The fraction of sp³-hybridized carbons (Fsp3) is 1.00. The lowest BCUT2D eigenvalue weighted by Crippen LogP contribution is -1.80. The van der Waals surface area contributed by atoms with Gasteiger partial charge in [-0.05, 0) is 6.37 Å². The standard InChI is InChI=1S/C6H14O/c1-2-3-4-5-6-7/h7H,2-6H2,1H3/i2D2,3D2,4D2,5D2,6D2. The Morgan fingerprint density at radius 2 is 2.14 bits per heavy atom. The smallest absolute Gasteiger partial charge is 0.0564 e. The zero-order valence-corrected chi connectivity index (χ0v) is 3.95. The van der Waals surface area contributed by atoms with E-state index in [1.165, 1.54) is 0 Å². The average Bonchev–Trinajstić information content (AvgIpc) is 1.98. The summed E-state index contributed by atoms with van der Waals surface area (Å²) in [6.45, 7) is -2.93. The molecule has 1 nitrogen and oxygen atoms in total. The monoisotopic (exact) mass is 112 g/mol. The highest BCUT2D eigenvalue weighted by Crippen LogP contribution is 1.95. The van der Waals surface area contributed by atoms with Gasteiger partial charge in [-0.25, -0.2) is 0 Å². The first-order valence-electron chi connectivity index (χ1n) is 6.72. The summed E-state index contributed by atoms with van der Waals surface area (Å²) in [4.78, 5) is 0. The molecule has 0 aromatic rings. The highest BCUT2D eigenvalue weighted by atomic mass is 16.2. The Hall–Kier alpha value is -0.0400. The van der Waals surface area contributed by atoms with Gasteiger partial charge in [-0.2, -0.15) is 0 Å². The Morgan fingerprint density at radius 1 is 1.43 bits per heavy atom. The Kier molecular flexibility index (Phi) is 0.826. The van der Waals surface area contributed by atoms with E-state index in [0.717, 1.165) is 0 Å². The predicted octanol–water partition coefficient (Wildman–Crippen LogP) is 1.56. The van der Waals surface area contributed by atoms with E-state index in [4.69, 9.17) is 18.8 Å². The highest BCUT2D eigenvalue weighted by molar-refractivity contribution is 4.35. The molecule has 0 saturated carbocycles. The van der Waals surface area contributed by atoms with Crippen molar-refractivity contribution in [2.75, 3.05) is 6.56 Å². The first-order valence-corrected chi connectivity index (χ1v) is 1.72. The third-order valence-corrected chi connectivity index (χ3v) is 0.306. The molecule has 1 N–H and O–H groups in total. The van der Waals surface area contributed by atoms with Gasteiger partial charge in [-0.15, -0.1) is 0 Å². The maximum Gasteiger partial charge on any atom is 0.0564 e. The molecule has 0 aliphatic carbocycles. The molecule has 0 radical (unpaired) electrons. The van der Waals surface area contributed by atoms with E-state index in [9.17, 15) is 0 Å². The largest absolute Gasteiger partial charge is 0.396 e. The minimum atomic E-state index is -3.64. The van der Waals surface area contributed by atoms with Crippen molar-refractivity contribution in [3.8, 4) is 0 Å². The number of hydrogen-bond donors (Lipinski definition) is 1. The maximum absolute atomic E-state index is 8.94. The topological polar surface area (TPSA) is 20.2 Å². The van der Waals surface area contributed by atoms with E-state index >= 15 is 0 Å². The molecular weight excluding hydrogens is 88.1 g/mol. The molecule has 0 aliphatic heterocycles. The van der Waals surface area contributed by atoms with Gasteiger partial charge in [0.2, 0.25) is 0 Å². The molecule has 0 fully saturated rings. The van der Waals surface area contributed by atoms with Crippen LogP contribution in [0, 0.1) is 0 Å². The first-order chi connectivity index (χ1) is 7.00. The summed E-state index contributed by atoms with van der Waals surface area (Å²) in [6, 6.07) is 0. The summed E-state index contributed by atoms with van der Waals surface area (Å²) in [5.41, 5.74) is 0. The van der Waals surface area contributed by atoms with Crippen molar-refractivity contribution in [1.82, 2.24) is 0 Å². The lowest BCUT2D eigenvalue weighted by Gasteiger charge is -1.90. The second-order valence-electron chi connectivity index (χ2n) is 0.737. The van der Waals surface area contributed by atoms with Crippen LogP contribution >= 0.6 is 0 Å². The zero-order valence-electron chi connectivity index (χ0n) is 13.9. The van der Waals surface area contributed by atoms with Gasteiger partial charge in [0.15, 0.2) is 0 Å². The van der Waals surface area contributed by atoms with Crippen molar-refractivity contribution in [3.63, 3.8) is 0 Å². The van der Waals surface area contributed by atoms with Crippen molar-refractivity contribution in [3.05, 3.63) is 0 Å². The van der Waals surface area contributed by atoms with Gasteiger partial charge >= 0.3 is 0 Å². The van der Waals surface area contributed by atoms with Gasteiger partial charge in [-0.1, -0.05) is 26.0 Å². The second-order valence-corrected chi connectivity index (χ2v) is 0.737. The van der Waals surface area contributed by atoms with E-state index in [1.54, 1.807) is 0 Å². The zero-order chi connectivity index (χ0) is 14.5. The molecular formula is C6H14O. The van der Waals surface area contributed by atoms with E-state index in [1.807, 2.05) is 0 Å². The molecule has 0 unspecified atom stereocenters. The van der Waals surface area contributed by atoms with E-state index in [2.05, 4.69) is 0 Å². The Balaban J connectivity index is 5.73. The van der Waals surface area contributed by atoms with Crippen LogP contribution in [0.2, 0.25) is 0 Å². The van der Waals surface area contributed by atoms with Crippen LogP contribution in [-0.4, -0.2) is 11.7 Å². The molecule has 0 atom stereocenters. The molecule has 0 spiro atoms. The van der Waals surface area contributed by atoms with Crippen LogP contribution in [0.3, 0.4) is 0 Å². The Labute approximate surface area is 59.4 Å². The van der Waals surface area contributed by atoms with Gasteiger partial charge in [0.25, 0.3) is 0 Å². The summed E-state index contributed by atoms with van der Waals surface area (Å²) in [5, 5.41) is 8.94. The number of hydrogen-bond acceptors (Lipinski definition) is 1. The fourth-order valence-corrected chi connectivity index (χ4v) is 0.122. The summed E-state index contributed by atoms with van der Waals surface area (Å²) < 4.78 is 71.5. The number of aliphatic hydroxyl groups is 1. The Bertz CT molecular complexity index is 256. The number of rotatable bonds is 4. The molecule has 0 heterocycles. The van der Waals surface area contributed by atoms with Crippen LogP contribution < -0.4 is 0 Å². The highest BCUT2D eigenvalue weighted by Gasteiger charge is 1.80. The normalized spacial score (nSPS) is 40.9. The quantitative estimate of drug-likeness (QED) is 0.585. The van der Waals surface area contributed by atoms with Crippen LogP contribution in [0.4, 0.5) is 0 Å². The molecule has 0 bridgehead atoms. The molecule has 0 rings (SSSR count). The van der Waals surface area contributed by atoms with Crippen LogP contribution in [0.1, 0.15) is 46.1 Å². The van der Waals surface area contributed by atoms with Crippen LogP contribution in [0.5, 0.6) is 0 Å². The SMILES string of the molecule is [2H]C([2H])(C)C([2H])([2H])C([2H])([2H])C([2H])([2H])C([2H])([2H])O. The predicted molar refractivity (Wildman–Crippen MR) is 31.2 cm³/mol. The molecule has 0 aromatic heterocycles. The fourth-order valence-electron chi connectivity index (χ4n) is 0.122. The second kappa shape index (κ2) is 5.96. The molecule has 0 aliphatic rings. The van der Waals surface area contributed by atoms with Crippen LogP contribution in [0.15, 0.2) is 0 Å². The third-order valence-electron chi connectivity index (χ3n) is 0.306. The van der Waals surface area contributed by atoms with Crippen molar-refractivity contribution >= 4 is 0 Å². The van der Waals surface area contributed by atoms with Crippen LogP contribution in [-0.2, 0) is 0 Å². The van der Waals surface area contributed by atoms with Gasteiger partial charge in [0, 0.05) is 17.5 Å². The van der Waals surface area contributed by atoms with Gasteiger partial charge in [0.05, 0.1) is 2.74 Å². The summed E-state index contributed by atoms with van der Waals surface area (Å²) in [5.74, 6) is 0. The van der Waals surface area contributed by atoms with Crippen molar-refractivity contribution in [2.24, 2.45) is 0 Å². The van der Waals surface area contributed by atoms with Crippen LogP contribution in [0.25, 0.3) is 0 Å². The summed E-state index contributed by atoms with van der Waals surface area (Å²) in [6.07, 6.45) is -13.3. The first kappa shape index (κ1) is 0.971. The minimum Gasteiger partial charge on any atom is -0.396 e. The van der Waals surface area contributed by atoms with Gasteiger partial charge in [0.1, 0.15) is 0 Å². The lowest BCUT2D eigenvalue weighted by molar-refractivity contribution is 0.283. The average molecular weight is 112 g/mol.